The molecule has 47 heavy (non-hydrogen) atoms. The number of allylic oxidation sites excluding steroid dienone is 2. The van der Waals surface area contributed by atoms with Gasteiger partial charge in [-0.25, -0.2) is 9.59 Å². The van der Waals surface area contributed by atoms with Gasteiger partial charge in [0.05, 0.1) is 36.2 Å². The Morgan fingerprint density at radius 2 is 1.30 bits per heavy atom. The molecule has 10 heteroatoms. The van der Waals surface area contributed by atoms with Gasteiger partial charge in [0.25, 0.3) is 5.69 Å². The molecule has 1 N–H and O–H groups in total. The molecule has 1 heterocycles. The van der Waals surface area contributed by atoms with Crippen LogP contribution in [-0.2, 0) is 19.1 Å². The zero-order chi connectivity index (χ0) is 33.4. The number of dihydropyridines is 1. The smallest absolute Gasteiger partial charge is 0.336 e. The van der Waals surface area contributed by atoms with Crippen molar-refractivity contribution in [1.29, 1.82) is 0 Å². The van der Waals surface area contributed by atoms with Crippen LogP contribution in [0, 0.1) is 10.1 Å². The Morgan fingerprint density at radius 3 is 1.77 bits per heavy atom. The Labute approximate surface area is 281 Å². The van der Waals surface area contributed by atoms with Crippen molar-refractivity contribution in [3.05, 3.63) is 139 Å². The second kappa shape index (κ2) is 16.5. The summed E-state index contributed by atoms with van der Waals surface area (Å²) < 4.78 is 9.66. The van der Waals surface area contributed by atoms with Gasteiger partial charge in [-0.3, -0.25) is 10.1 Å². The van der Waals surface area contributed by atoms with Crippen LogP contribution in [0.4, 0.5) is 5.69 Å². The molecular weight excluding hydrogens is 618 g/mol. The molecule has 0 saturated carbocycles. The van der Waals surface area contributed by atoms with Gasteiger partial charge in [-0.1, -0.05) is 85.0 Å². The Kier molecular flexibility index (Phi) is 12.8. The fourth-order valence-electron chi connectivity index (χ4n) is 5.75. The van der Waals surface area contributed by atoms with E-state index in [0.717, 1.165) is 13.0 Å². The topological polar surface area (TPSA) is 111 Å². The number of methoxy groups -OCH3 is 2. The number of nitrogens with zero attached hydrogens (tertiary/aromatic N) is 2. The van der Waals surface area contributed by atoms with E-state index in [1.807, 2.05) is 0 Å². The summed E-state index contributed by atoms with van der Waals surface area (Å²) in [5.41, 5.74) is 7.80. The van der Waals surface area contributed by atoms with Gasteiger partial charge >= 0.3 is 11.9 Å². The average molecular weight is 658 g/mol. The second-order valence-corrected chi connectivity index (χ2v) is 11.2. The lowest BCUT2D eigenvalue weighted by Gasteiger charge is -2.29. The minimum atomic E-state index is -0.970. The molecule has 1 aliphatic carbocycles. The van der Waals surface area contributed by atoms with Crippen LogP contribution in [0.1, 0.15) is 54.0 Å². The van der Waals surface area contributed by atoms with Crippen molar-refractivity contribution >= 4 is 47.8 Å². The van der Waals surface area contributed by atoms with Crippen molar-refractivity contribution in [3.8, 4) is 0 Å². The standard InChI is InChI=1S/C20H21N.C17H18N2O6.ClH/c1-21(2)15-7-12-20-18-10-5-3-8-16(18)13-14-17-9-4-6-11-19(17)20;1-9-13(16(20)24-3)15(14(10(2)18-9)17(21)25-4)11-7-5-6-8-12(11)19(22)23;/h3-6,8-14H,7,15H2,1-2H3;5-8,15,18H,1-4H3;1H. The minimum Gasteiger partial charge on any atom is -0.466 e. The highest BCUT2D eigenvalue weighted by Gasteiger charge is 2.40. The van der Waals surface area contributed by atoms with Crippen molar-refractivity contribution in [2.75, 3.05) is 34.9 Å². The molecule has 2 aliphatic rings. The van der Waals surface area contributed by atoms with E-state index in [4.69, 9.17) is 9.47 Å². The van der Waals surface area contributed by atoms with Gasteiger partial charge in [-0.2, -0.15) is 0 Å². The molecule has 0 unspecified atom stereocenters. The molecule has 0 spiro atoms. The lowest BCUT2D eigenvalue weighted by Crippen LogP contribution is -2.32. The summed E-state index contributed by atoms with van der Waals surface area (Å²) in [6.45, 7) is 4.36. The van der Waals surface area contributed by atoms with Gasteiger partial charge in [-0.05, 0) is 62.2 Å². The molecular formula is C37H40ClN3O6. The SMILES string of the molecule is CN(C)CCC=C1c2ccccc2C=Cc2ccccc21.COC(=O)C1=C(C)NC(C)=C(C(=O)OC)C1c1ccccc1[N+](=O)[O-].Cl. The van der Waals surface area contributed by atoms with E-state index in [1.165, 1.54) is 60.2 Å². The maximum atomic E-state index is 12.3. The second-order valence-electron chi connectivity index (χ2n) is 11.2. The first-order chi connectivity index (χ1) is 22.1. The normalized spacial score (nSPS) is 13.6. The summed E-state index contributed by atoms with van der Waals surface area (Å²) in [5.74, 6) is -2.33. The van der Waals surface area contributed by atoms with Crippen LogP contribution in [0.5, 0.6) is 0 Å². The van der Waals surface area contributed by atoms with Gasteiger partial charge < -0.3 is 19.7 Å². The molecule has 5 rings (SSSR count). The van der Waals surface area contributed by atoms with Crippen LogP contribution in [0.25, 0.3) is 17.7 Å². The number of carbonyl (C=O) groups excluding carboxylic acids is 2. The van der Waals surface area contributed by atoms with Crippen LogP contribution in [0.2, 0.25) is 0 Å². The molecule has 3 aromatic rings. The van der Waals surface area contributed by atoms with Crippen molar-refractivity contribution in [1.82, 2.24) is 10.2 Å². The summed E-state index contributed by atoms with van der Waals surface area (Å²) in [6, 6.07) is 23.3. The third kappa shape index (κ3) is 8.24. The maximum absolute atomic E-state index is 12.3. The average Bonchev–Trinajstić information content (AvgIpc) is 3.21. The van der Waals surface area contributed by atoms with Gasteiger partial charge in [-0.15, -0.1) is 12.4 Å². The quantitative estimate of drug-likeness (QED) is 0.127. The Bertz CT molecular complexity index is 1680. The highest BCUT2D eigenvalue weighted by atomic mass is 35.5. The first-order valence-corrected chi connectivity index (χ1v) is 14.9. The molecule has 1 aliphatic heterocycles. The lowest BCUT2D eigenvalue weighted by atomic mass is 9.79. The predicted octanol–water partition coefficient (Wildman–Crippen LogP) is 7.15. The molecule has 0 atom stereocenters. The van der Waals surface area contributed by atoms with E-state index in [1.54, 1.807) is 19.9 Å². The van der Waals surface area contributed by atoms with E-state index >= 15 is 0 Å². The van der Waals surface area contributed by atoms with Crippen molar-refractivity contribution < 1.29 is 24.0 Å². The number of nitro groups is 1. The Hall–Kier alpha value is -4.99. The Morgan fingerprint density at radius 1 is 0.830 bits per heavy atom. The fourth-order valence-corrected chi connectivity index (χ4v) is 5.75. The number of carbonyl (C=O) groups is 2. The lowest BCUT2D eigenvalue weighted by molar-refractivity contribution is -0.385. The third-order valence-electron chi connectivity index (χ3n) is 7.88. The number of para-hydroxylation sites is 1. The van der Waals surface area contributed by atoms with E-state index in [-0.39, 0.29) is 34.8 Å². The van der Waals surface area contributed by atoms with Crippen LogP contribution < -0.4 is 5.32 Å². The summed E-state index contributed by atoms with van der Waals surface area (Å²) in [4.78, 5) is 37.8. The zero-order valence-electron chi connectivity index (χ0n) is 27.4. The van der Waals surface area contributed by atoms with E-state index < -0.39 is 22.8 Å². The first kappa shape index (κ1) is 36.5. The van der Waals surface area contributed by atoms with Crippen LogP contribution in [0.3, 0.4) is 0 Å². The number of halogens is 1. The van der Waals surface area contributed by atoms with E-state index in [0.29, 0.717) is 11.4 Å². The van der Waals surface area contributed by atoms with Crippen LogP contribution in [-0.4, -0.2) is 56.6 Å². The molecule has 0 saturated heterocycles. The van der Waals surface area contributed by atoms with Gasteiger partial charge in [0.2, 0.25) is 0 Å². The third-order valence-corrected chi connectivity index (χ3v) is 7.88. The minimum absolute atomic E-state index is 0. The molecule has 0 radical (unpaired) electrons. The summed E-state index contributed by atoms with van der Waals surface area (Å²) in [5, 5.41) is 14.4. The monoisotopic (exact) mass is 657 g/mol. The molecule has 9 nitrogen and oxygen atoms in total. The van der Waals surface area contributed by atoms with Gasteiger partial charge in [0, 0.05) is 29.6 Å². The number of nitrogens with one attached hydrogen (secondary N) is 1. The number of hydrogen-bond donors (Lipinski definition) is 1. The molecule has 0 amide bonds. The molecule has 0 bridgehead atoms. The summed E-state index contributed by atoms with van der Waals surface area (Å²) in [6.07, 6.45) is 7.89. The number of ether oxygens (including phenoxy) is 2. The van der Waals surface area contributed by atoms with Crippen LogP contribution in [0.15, 0.2) is 101 Å². The first-order valence-electron chi connectivity index (χ1n) is 14.9. The van der Waals surface area contributed by atoms with E-state index in [2.05, 4.69) is 91.1 Å². The van der Waals surface area contributed by atoms with Crippen molar-refractivity contribution in [2.24, 2.45) is 0 Å². The highest BCUT2D eigenvalue weighted by Crippen LogP contribution is 2.42. The van der Waals surface area contributed by atoms with Gasteiger partial charge in [0.15, 0.2) is 0 Å². The van der Waals surface area contributed by atoms with Gasteiger partial charge in [0.1, 0.15) is 0 Å². The number of nitro benzene ring substituents is 1. The maximum Gasteiger partial charge on any atom is 0.336 e. The molecule has 0 fully saturated rings. The number of hydrogen-bond acceptors (Lipinski definition) is 8. The predicted molar refractivity (Wildman–Crippen MR) is 188 cm³/mol. The fraction of sp³-hybridized carbons (Fsp3) is 0.243. The molecule has 246 valence electrons. The Balaban J connectivity index is 0.000000253. The number of benzene rings is 3. The van der Waals surface area contributed by atoms with Crippen molar-refractivity contribution in [2.45, 2.75) is 26.2 Å². The van der Waals surface area contributed by atoms with Crippen molar-refractivity contribution in [3.63, 3.8) is 0 Å². The zero-order valence-corrected chi connectivity index (χ0v) is 28.2. The number of esters is 2. The molecule has 3 aromatic carbocycles. The number of rotatable bonds is 7. The highest BCUT2D eigenvalue weighted by molar-refractivity contribution is 6.00. The number of fused-ring (bicyclic) bond motifs is 2. The summed E-state index contributed by atoms with van der Waals surface area (Å²) >= 11 is 0. The molecule has 0 aromatic heterocycles. The summed E-state index contributed by atoms with van der Waals surface area (Å²) in [7, 11) is 6.66. The largest absolute Gasteiger partial charge is 0.466 e. The van der Waals surface area contributed by atoms with E-state index in [9.17, 15) is 19.7 Å². The van der Waals surface area contributed by atoms with Crippen LogP contribution >= 0.6 is 12.4 Å².